The van der Waals surface area contributed by atoms with Gasteiger partial charge in [-0.2, -0.15) is 4.31 Å². The average molecular weight is 340 g/mol. The Hall–Kier alpha value is -1.67. The first kappa shape index (κ1) is 17.7. The summed E-state index contributed by atoms with van der Waals surface area (Å²) >= 11 is 0. The summed E-state index contributed by atoms with van der Waals surface area (Å²) in [4.78, 5) is 15.7. The summed E-state index contributed by atoms with van der Waals surface area (Å²) in [6.07, 6.45) is 4.32. The van der Waals surface area contributed by atoms with Crippen LogP contribution in [0.5, 0.6) is 0 Å². The Morgan fingerprint density at radius 2 is 2.00 bits per heavy atom. The molecule has 0 aliphatic carbocycles. The molecular formula is C15H24N4O3S. The molecule has 0 atom stereocenters. The van der Waals surface area contributed by atoms with Crippen LogP contribution in [-0.4, -0.2) is 43.2 Å². The second-order valence-electron chi connectivity index (χ2n) is 6.42. The summed E-state index contributed by atoms with van der Waals surface area (Å²) in [6.45, 7) is 4.67. The molecule has 1 aliphatic heterocycles. The van der Waals surface area contributed by atoms with Crippen molar-refractivity contribution in [1.29, 1.82) is 0 Å². The van der Waals surface area contributed by atoms with Crippen LogP contribution in [0.2, 0.25) is 0 Å². The summed E-state index contributed by atoms with van der Waals surface area (Å²) in [7, 11) is -3.59. The molecule has 0 saturated carbocycles. The molecule has 2 heterocycles. The predicted molar refractivity (Wildman–Crippen MR) is 88.3 cm³/mol. The van der Waals surface area contributed by atoms with Gasteiger partial charge in [-0.05, 0) is 38.8 Å². The normalized spacial score (nSPS) is 17.0. The number of nitrogens with two attached hydrogens (primary N) is 1. The number of anilines is 1. The van der Waals surface area contributed by atoms with Gasteiger partial charge in [0.2, 0.25) is 15.9 Å². The first-order valence-corrected chi connectivity index (χ1v) is 9.18. The van der Waals surface area contributed by atoms with Gasteiger partial charge in [-0.1, -0.05) is 6.42 Å². The number of hydrogen-bond donors (Lipinski definition) is 2. The molecule has 0 aromatic carbocycles. The lowest BCUT2D eigenvalue weighted by atomic mass is 9.93. The van der Waals surface area contributed by atoms with Crippen LogP contribution in [0, 0.1) is 5.41 Å². The van der Waals surface area contributed by atoms with E-state index < -0.39 is 21.3 Å². The third kappa shape index (κ3) is 4.00. The fourth-order valence-electron chi connectivity index (χ4n) is 2.37. The minimum atomic E-state index is -3.59. The van der Waals surface area contributed by atoms with E-state index in [1.165, 1.54) is 16.6 Å². The van der Waals surface area contributed by atoms with Crippen LogP contribution < -0.4 is 11.1 Å². The number of pyridine rings is 1. The van der Waals surface area contributed by atoms with Gasteiger partial charge in [0.05, 0.1) is 5.41 Å². The van der Waals surface area contributed by atoms with E-state index in [2.05, 4.69) is 10.3 Å². The number of nitrogens with one attached hydrogen (secondary N) is 1. The number of aromatic nitrogens is 1. The predicted octanol–water partition coefficient (Wildman–Crippen LogP) is 1.18. The first-order valence-electron chi connectivity index (χ1n) is 7.74. The van der Waals surface area contributed by atoms with Crippen molar-refractivity contribution in [2.45, 2.75) is 38.0 Å². The number of rotatable bonds is 6. The average Bonchev–Trinajstić information content (AvgIpc) is 2.54. The number of primary amides is 1. The van der Waals surface area contributed by atoms with Crippen molar-refractivity contribution in [2.75, 3.05) is 25.0 Å². The molecular weight excluding hydrogens is 316 g/mol. The standard InChI is InChI=1S/C15H24N4O3S/c1-15(2,14(16)20)11-18-13-12(7-6-8-17-13)23(21,22)19-9-4-3-5-10-19/h6-8H,3-5,9-11H2,1-2H3,(H2,16,20)(H,17,18). The molecule has 1 fully saturated rings. The Bertz CT molecular complexity index is 667. The second kappa shape index (κ2) is 6.84. The van der Waals surface area contributed by atoms with E-state index in [0.29, 0.717) is 13.1 Å². The molecule has 1 aromatic rings. The lowest BCUT2D eigenvalue weighted by Crippen LogP contribution is -2.38. The molecule has 1 aliphatic rings. The van der Waals surface area contributed by atoms with Crippen molar-refractivity contribution < 1.29 is 13.2 Å². The molecule has 8 heteroatoms. The van der Waals surface area contributed by atoms with Gasteiger partial charge >= 0.3 is 0 Å². The van der Waals surface area contributed by atoms with Crippen molar-refractivity contribution in [1.82, 2.24) is 9.29 Å². The van der Waals surface area contributed by atoms with E-state index in [-0.39, 0.29) is 17.3 Å². The first-order chi connectivity index (χ1) is 10.7. The summed E-state index contributed by atoms with van der Waals surface area (Å²) in [5.41, 5.74) is 4.55. The van der Waals surface area contributed by atoms with Gasteiger partial charge in [0.15, 0.2) is 0 Å². The Morgan fingerprint density at radius 1 is 1.35 bits per heavy atom. The molecule has 128 valence electrons. The van der Waals surface area contributed by atoms with Crippen LogP contribution in [0.25, 0.3) is 0 Å². The van der Waals surface area contributed by atoms with E-state index in [1.54, 1.807) is 19.9 Å². The van der Waals surface area contributed by atoms with Crippen LogP contribution in [-0.2, 0) is 14.8 Å². The molecule has 1 amide bonds. The third-order valence-electron chi connectivity index (χ3n) is 4.07. The highest BCUT2D eigenvalue weighted by molar-refractivity contribution is 7.89. The van der Waals surface area contributed by atoms with E-state index in [0.717, 1.165) is 19.3 Å². The Labute approximate surface area is 137 Å². The Kier molecular flexibility index (Phi) is 5.26. The molecule has 23 heavy (non-hydrogen) atoms. The number of carbonyl (C=O) groups is 1. The molecule has 3 N–H and O–H groups in total. The van der Waals surface area contributed by atoms with Gasteiger partial charge in [-0.25, -0.2) is 13.4 Å². The summed E-state index contributed by atoms with van der Waals surface area (Å²) in [6, 6.07) is 3.14. The van der Waals surface area contributed by atoms with Crippen molar-refractivity contribution >= 4 is 21.7 Å². The van der Waals surface area contributed by atoms with Gasteiger partial charge < -0.3 is 11.1 Å². The summed E-state index contributed by atoms with van der Waals surface area (Å²) in [5, 5.41) is 2.96. The summed E-state index contributed by atoms with van der Waals surface area (Å²) < 4.78 is 27.1. The molecule has 7 nitrogen and oxygen atoms in total. The highest BCUT2D eigenvalue weighted by Crippen LogP contribution is 2.26. The minimum Gasteiger partial charge on any atom is -0.369 e. The molecule has 1 aromatic heterocycles. The minimum absolute atomic E-state index is 0.141. The Morgan fingerprint density at radius 3 is 2.61 bits per heavy atom. The zero-order valence-corrected chi connectivity index (χ0v) is 14.4. The highest BCUT2D eigenvalue weighted by Gasteiger charge is 2.30. The van der Waals surface area contributed by atoms with Gasteiger partial charge in [-0.3, -0.25) is 4.79 Å². The van der Waals surface area contributed by atoms with Gasteiger partial charge in [-0.15, -0.1) is 0 Å². The third-order valence-corrected chi connectivity index (χ3v) is 6.00. The number of amides is 1. The van der Waals surface area contributed by atoms with Crippen molar-refractivity contribution in [3.63, 3.8) is 0 Å². The van der Waals surface area contributed by atoms with Crippen LogP contribution >= 0.6 is 0 Å². The molecule has 0 radical (unpaired) electrons. The van der Waals surface area contributed by atoms with Crippen LogP contribution in [0.1, 0.15) is 33.1 Å². The lowest BCUT2D eigenvalue weighted by Gasteiger charge is -2.27. The van der Waals surface area contributed by atoms with E-state index in [1.807, 2.05) is 0 Å². The number of nitrogens with zero attached hydrogens (tertiary/aromatic N) is 2. The molecule has 2 rings (SSSR count). The maximum atomic E-state index is 12.8. The number of sulfonamides is 1. The van der Waals surface area contributed by atoms with Crippen LogP contribution in [0.15, 0.2) is 23.2 Å². The van der Waals surface area contributed by atoms with E-state index >= 15 is 0 Å². The second-order valence-corrected chi connectivity index (χ2v) is 8.32. The smallest absolute Gasteiger partial charge is 0.246 e. The van der Waals surface area contributed by atoms with Gasteiger partial charge in [0.1, 0.15) is 10.7 Å². The molecule has 0 bridgehead atoms. The van der Waals surface area contributed by atoms with Gasteiger partial charge in [0, 0.05) is 25.8 Å². The number of piperidine rings is 1. The lowest BCUT2D eigenvalue weighted by molar-refractivity contribution is -0.125. The zero-order valence-electron chi connectivity index (χ0n) is 13.6. The summed E-state index contributed by atoms with van der Waals surface area (Å²) in [5.74, 6) is -0.200. The molecule has 1 saturated heterocycles. The topological polar surface area (TPSA) is 105 Å². The fourth-order valence-corrected chi connectivity index (χ4v) is 4.00. The highest BCUT2D eigenvalue weighted by atomic mass is 32.2. The quantitative estimate of drug-likeness (QED) is 0.809. The number of hydrogen-bond acceptors (Lipinski definition) is 5. The fraction of sp³-hybridized carbons (Fsp3) is 0.600. The van der Waals surface area contributed by atoms with E-state index in [9.17, 15) is 13.2 Å². The van der Waals surface area contributed by atoms with Crippen molar-refractivity contribution in [2.24, 2.45) is 11.1 Å². The maximum absolute atomic E-state index is 12.8. The number of carbonyl (C=O) groups excluding carboxylic acids is 1. The Balaban J connectivity index is 2.25. The molecule has 0 spiro atoms. The monoisotopic (exact) mass is 340 g/mol. The van der Waals surface area contributed by atoms with Crippen molar-refractivity contribution in [3.05, 3.63) is 18.3 Å². The van der Waals surface area contributed by atoms with Gasteiger partial charge in [0.25, 0.3) is 0 Å². The maximum Gasteiger partial charge on any atom is 0.246 e. The zero-order chi connectivity index (χ0) is 17.1. The largest absolute Gasteiger partial charge is 0.369 e. The van der Waals surface area contributed by atoms with E-state index in [4.69, 9.17) is 5.73 Å². The van der Waals surface area contributed by atoms with Crippen LogP contribution in [0.3, 0.4) is 0 Å². The molecule has 0 unspecified atom stereocenters. The van der Waals surface area contributed by atoms with Crippen molar-refractivity contribution in [3.8, 4) is 0 Å². The SMILES string of the molecule is CC(C)(CNc1ncccc1S(=O)(=O)N1CCCCC1)C(N)=O. The van der Waals surface area contributed by atoms with Crippen LogP contribution in [0.4, 0.5) is 5.82 Å².